The van der Waals surface area contributed by atoms with Gasteiger partial charge in [0.2, 0.25) is 0 Å². The molecule has 3 rings (SSSR count). The Kier molecular flexibility index (Phi) is 4.63. The SMILES string of the molecule is CC[C]1([Y]([C]2(CC)C=CC=C2)[C]2(CC)C=CC=C2)C=CC=C1. The molecular weight excluding hydrogens is 341 g/mol. The minimum absolute atomic E-state index is 0.353. The van der Waals surface area contributed by atoms with E-state index < -0.39 is 27.4 Å². The van der Waals surface area contributed by atoms with E-state index in [2.05, 4.69) is 93.7 Å². The first-order chi connectivity index (χ1) is 10.7. The van der Waals surface area contributed by atoms with Gasteiger partial charge in [-0.15, -0.1) is 0 Å². The summed E-state index contributed by atoms with van der Waals surface area (Å²) in [6, 6.07) is 0. The Labute approximate surface area is 146 Å². The first-order valence-electron chi connectivity index (χ1n) is 8.78. The van der Waals surface area contributed by atoms with Gasteiger partial charge >= 0.3 is 147 Å². The van der Waals surface area contributed by atoms with Crippen LogP contribution in [0.5, 0.6) is 0 Å². The third-order valence-corrected chi connectivity index (χ3v) is 20.0. The van der Waals surface area contributed by atoms with Crippen LogP contribution < -0.4 is 0 Å². The van der Waals surface area contributed by atoms with Gasteiger partial charge in [0.1, 0.15) is 0 Å². The molecule has 0 aromatic heterocycles. The second-order valence-corrected chi connectivity index (χ2v) is 17.0. The van der Waals surface area contributed by atoms with Crippen LogP contribution >= 0.6 is 0 Å². The summed E-state index contributed by atoms with van der Waals surface area (Å²) in [5, 5.41) is 0. The zero-order chi connectivity index (χ0) is 15.7. The third kappa shape index (κ3) is 2.34. The van der Waals surface area contributed by atoms with E-state index >= 15 is 0 Å². The summed E-state index contributed by atoms with van der Waals surface area (Å²) in [6.45, 7) is 7.17. The van der Waals surface area contributed by atoms with E-state index in [-0.39, 0.29) is 0 Å². The van der Waals surface area contributed by atoms with E-state index in [1.807, 2.05) is 0 Å². The predicted octanol–water partition coefficient (Wildman–Crippen LogP) is 6.69. The van der Waals surface area contributed by atoms with Crippen molar-refractivity contribution >= 4 is 0 Å². The Morgan fingerprint density at radius 2 is 0.727 bits per heavy atom. The molecule has 3 aliphatic rings. The first-order valence-corrected chi connectivity index (χ1v) is 13.0. The summed E-state index contributed by atoms with van der Waals surface area (Å²) >= 11 is -2.26. The monoisotopic (exact) mass is 368 g/mol. The van der Waals surface area contributed by atoms with Crippen molar-refractivity contribution in [2.24, 2.45) is 0 Å². The van der Waals surface area contributed by atoms with Gasteiger partial charge < -0.3 is 0 Å². The summed E-state index contributed by atoms with van der Waals surface area (Å²) in [4.78, 5) is 0. The molecule has 1 heteroatoms. The molecule has 0 bridgehead atoms. The molecule has 0 saturated carbocycles. The molecule has 0 aliphatic heterocycles. The van der Waals surface area contributed by atoms with Crippen molar-refractivity contribution in [3.8, 4) is 0 Å². The van der Waals surface area contributed by atoms with Crippen LogP contribution in [0.15, 0.2) is 72.9 Å². The summed E-state index contributed by atoms with van der Waals surface area (Å²) in [5.74, 6) is 0. The summed E-state index contributed by atoms with van der Waals surface area (Å²) in [6.07, 6.45) is 32.8. The van der Waals surface area contributed by atoms with Crippen LogP contribution in [0, 0.1) is 0 Å². The topological polar surface area (TPSA) is 0 Å². The predicted molar refractivity (Wildman–Crippen MR) is 93.8 cm³/mol. The summed E-state index contributed by atoms with van der Waals surface area (Å²) in [7, 11) is 0. The van der Waals surface area contributed by atoms with E-state index in [0.29, 0.717) is 6.68 Å². The van der Waals surface area contributed by atoms with Gasteiger partial charge in [0.25, 0.3) is 0 Å². The molecule has 0 heterocycles. The minimum atomic E-state index is -2.26. The van der Waals surface area contributed by atoms with Crippen molar-refractivity contribution in [2.45, 2.75) is 46.7 Å². The van der Waals surface area contributed by atoms with Gasteiger partial charge in [0.05, 0.1) is 0 Å². The van der Waals surface area contributed by atoms with Crippen LogP contribution in [0.2, 0.25) is 6.68 Å². The van der Waals surface area contributed by atoms with Crippen molar-refractivity contribution in [3.63, 3.8) is 0 Å². The van der Waals surface area contributed by atoms with Crippen LogP contribution in [0.4, 0.5) is 0 Å². The fourth-order valence-electron chi connectivity index (χ4n) is 4.97. The van der Waals surface area contributed by atoms with E-state index in [4.69, 9.17) is 0 Å². The maximum absolute atomic E-state index is 2.54. The molecule has 3 aliphatic carbocycles. The Bertz CT molecular complexity index is 476. The molecule has 0 N–H and O–H groups in total. The molecule has 0 aromatic rings. The zero-order valence-electron chi connectivity index (χ0n) is 14.1. The average Bonchev–Trinajstić information content (AvgIpc) is 3.30. The van der Waals surface area contributed by atoms with Crippen LogP contribution in [0.3, 0.4) is 0 Å². The number of rotatable bonds is 6. The zero-order valence-corrected chi connectivity index (χ0v) is 17.0. The summed E-state index contributed by atoms with van der Waals surface area (Å²) in [5.41, 5.74) is 0. The van der Waals surface area contributed by atoms with Gasteiger partial charge in [0, 0.05) is 0 Å². The second-order valence-electron chi connectivity index (χ2n) is 6.99. The molecule has 0 radical (unpaired) electrons. The quantitative estimate of drug-likeness (QED) is 0.490. The Morgan fingerprint density at radius 3 is 0.909 bits per heavy atom. The molecule has 0 atom stereocenters. The van der Waals surface area contributed by atoms with Crippen molar-refractivity contribution in [3.05, 3.63) is 72.9 Å². The molecule has 0 aromatic carbocycles. The third-order valence-electron chi connectivity index (χ3n) is 6.22. The standard InChI is InChI=1S/3C7H9.Y/c3*1-2-7-5-3-4-6-7;/h3*3-6H,2H2,1H3;. The van der Waals surface area contributed by atoms with Crippen LogP contribution in [-0.2, 0) is 27.4 Å². The summed E-state index contributed by atoms with van der Waals surface area (Å²) < 4.78 is 1.06. The molecule has 0 spiro atoms. The van der Waals surface area contributed by atoms with E-state index in [1.54, 1.807) is 0 Å². The first kappa shape index (κ1) is 16.4. The molecular formula is C21H27Y. The van der Waals surface area contributed by atoms with Crippen molar-refractivity contribution in [1.82, 2.24) is 0 Å². The number of allylic oxidation sites excluding steroid dienone is 12. The molecule has 0 fully saturated rings. The van der Waals surface area contributed by atoms with Crippen LogP contribution in [0.1, 0.15) is 40.0 Å². The number of hydrogen-bond acceptors (Lipinski definition) is 0. The van der Waals surface area contributed by atoms with Crippen molar-refractivity contribution in [1.29, 1.82) is 0 Å². The molecule has 22 heavy (non-hydrogen) atoms. The van der Waals surface area contributed by atoms with Crippen molar-refractivity contribution in [2.75, 3.05) is 0 Å². The normalized spacial score (nSPS) is 24.7. The number of hydrogen-bond donors (Lipinski definition) is 0. The van der Waals surface area contributed by atoms with Gasteiger partial charge in [-0.05, 0) is 0 Å². The van der Waals surface area contributed by atoms with Crippen LogP contribution in [-0.4, -0.2) is 0 Å². The Hall–Kier alpha value is -0.456. The molecule has 0 unspecified atom stereocenters. The van der Waals surface area contributed by atoms with Gasteiger partial charge in [-0.25, -0.2) is 0 Å². The van der Waals surface area contributed by atoms with Gasteiger partial charge in [0.15, 0.2) is 0 Å². The Balaban J connectivity index is 2.19. The second kappa shape index (κ2) is 6.21. The van der Waals surface area contributed by atoms with E-state index in [1.165, 1.54) is 19.3 Å². The average molecular weight is 368 g/mol. The van der Waals surface area contributed by atoms with E-state index in [9.17, 15) is 0 Å². The molecule has 0 nitrogen and oxygen atoms in total. The Morgan fingerprint density at radius 1 is 0.500 bits per heavy atom. The molecule has 0 amide bonds. The van der Waals surface area contributed by atoms with Gasteiger partial charge in [-0.2, -0.15) is 0 Å². The van der Waals surface area contributed by atoms with Crippen LogP contribution in [0.25, 0.3) is 0 Å². The van der Waals surface area contributed by atoms with E-state index in [0.717, 1.165) is 0 Å². The fourth-order valence-corrected chi connectivity index (χ4v) is 19.8. The molecule has 0 saturated heterocycles. The fraction of sp³-hybridized carbons (Fsp3) is 0.429. The maximum atomic E-state index is 2.54. The molecule has 114 valence electrons. The van der Waals surface area contributed by atoms with Crippen molar-refractivity contribution < 1.29 is 27.4 Å². The van der Waals surface area contributed by atoms with Gasteiger partial charge in [-0.3, -0.25) is 0 Å². The van der Waals surface area contributed by atoms with Gasteiger partial charge in [-0.1, -0.05) is 0 Å².